The van der Waals surface area contributed by atoms with E-state index < -0.39 is 0 Å². The van der Waals surface area contributed by atoms with Crippen molar-refractivity contribution in [2.75, 3.05) is 6.61 Å². The number of benzene rings is 2. The normalized spacial score (nSPS) is 16.5. The molecule has 1 amide bonds. The number of rotatable bonds is 7. The average molecular weight is 424 g/mol. The minimum atomic E-state index is -0.340. The lowest BCUT2D eigenvalue weighted by molar-refractivity contribution is -0.121. The second-order valence-electron chi connectivity index (χ2n) is 7.24. The third kappa shape index (κ3) is 4.67. The highest BCUT2D eigenvalue weighted by atomic mass is 32.2. The quantitative estimate of drug-likeness (QED) is 0.550. The number of hydrogen-bond acceptors (Lipinski definition) is 6. The van der Waals surface area contributed by atoms with Crippen LogP contribution in [0.15, 0.2) is 58.2 Å². The van der Waals surface area contributed by atoms with Crippen LogP contribution in [0.5, 0.6) is 5.75 Å². The van der Waals surface area contributed by atoms with Gasteiger partial charge in [-0.25, -0.2) is 0 Å². The van der Waals surface area contributed by atoms with Gasteiger partial charge in [-0.1, -0.05) is 36.0 Å². The summed E-state index contributed by atoms with van der Waals surface area (Å²) in [5, 5.41) is 11.4. The Hall–Kier alpha value is -2.80. The van der Waals surface area contributed by atoms with Crippen LogP contribution in [-0.4, -0.2) is 28.0 Å². The van der Waals surface area contributed by atoms with Crippen molar-refractivity contribution in [3.63, 3.8) is 0 Å². The SMILES string of the molecule is CCOc1ccc(-c2nnc(S[C@@H](C)C(=O)N[C@@H]3CCCc4ccccc43)o2)cc1. The Balaban J connectivity index is 1.37. The van der Waals surface area contributed by atoms with Crippen molar-refractivity contribution in [2.45, 2.75) is 49.6 Å². The maximum absolute atomic E-state index is 12.8. The van der Waals surface area contributed by atoms with Crippen LogP contribution in [0.3, 0.4) is 0 Å². The second kappa shape index (κ2) is 9.34. The summed E-state index contributed by atoms with van der Waals surface area (Å²) >= 11 is 1.27. The van der Waals surface area contributed by atoms with Crippen molar-refractivity contribution in [2.24, 2.45) is 0 Å². The molecule has 1 N–H and O–H groups in total. The summed E-state index contributed by atoms with van der Waals surface area (Å²) in [5.74, 6) is 1.20. The predicted octanol–water partition coefficient (Wildman–Crippen LogP) is 4.81. The molecule has 1 heterocycles. The maximum Gasteiger partial charge on any atom is 0.277 e. The number of nitrogens with one attached hydrogen (secondary N) is 1. The number of aromatic nitrogens is 2. The topological polar surface area (TPSA) is 77.2 Å². The van der Waals surface area contributed by atoms with Crippen molar-refractivity contribution < 1.29 is 13.9 Å². The van der Waals surface area contributed by atoms with Gasteiger partial charge in [-0.3, -0.25) is 4.79 Å². The smallest absolute Gasteiger partial charge is 0.277 e. The summed E-state index contributed by atoms with van der Waals surface area (Å²) in [5.41, 5.74) is 3.37. The van der Waals surface area contributed by atoms with Gasteiger partial charge in [0.1, 0.15) is 5.75 Å². The van der Waals surface area contributed by atoms with Crippen LogP contribution in [0, 0.1) is 0 Å². The maximum atomic E-state index is 12.8. The second-order valence-corrected chi connectivity index (χ2v) is 8.53. The van der Waals surface area contributed by atoms with E-state index in [1.807, 2.05) is 44.2 Å². The van der Waals surface area contributed by atoms with Gasteiger partial charge in [0.2, 0.25) is 11.8 Å². The van der Waals surface area contributed by atoms with Crippen molar-refractivity contribution >= 4 is 17.7 Å². The number of nitrogens with zero attached hydrogens (tertiary/aromatic N) is 2. The lowest BCUT2D eigenvalue weighted by atomic mass is 9.88. The van der Waals surface area contributed by atoms with Crippen LogP contribution < -0.4 is 10.1 Å². The first kappa shape index (κ1) is 20.5. The van der Waals surface area contributed by atoms with Gasteiger partial charge in [-0.15, -0.1) is 10.2 Å². The summed E-state index contributed by atoms with van der Waals surface area (Å²) in [4.78, 5) is 12.8. The molecule has 6 nitrogen and oxygen atoms in total. The summed E-state index contributed by atoms with van der Waals surface area (Å²) in [6.07, 6.45) is 3.12. The monoisotopic (exact) mass is 423 g/mol. The molecule has 0 bridgehead atoms. The molecule has 0 aliphatic heterocycles. The zero-order valence-corrected chi connectivity index (χ0v) is 17.9. The molecule has 0 unspecified atom stereocenters. The zero-order chi connectivity index (χ0) is 20.9. The number of aryl methyl sites for hydroxylation is 1. The van der Waals surface area contributed by atoms with E-state index in [-0.39, 0.29) is 17.2 Å². The summed E-state index contributed by atoms with van der Waals surface area (Å²) in [6, 6.07) is 15.9. The number of carbonyl (C=O) groups is 1. The lowest BCUT2D eigenvalue weighted by Crippen LogP contribution is -2.35. The largest absolute Gasteiger partial charge is 0.494 e. The molecule has 1 aromatic heterocycles. The fourth-order valence-electron chi connectivity index (χ4n) is 3.63. The van der Waals surface area contributed by atoms with Crippen molar-refractivity contribution in [1.29, 1.82) is 0 Å². The molecule has 2 aromatic carbocycles. The number of ether oxygens (including phenoxy) is 1. The van der Waals surface area contributed by atoms with Gasteiger partial charge < -0.3 is 14.5 Å². The van der Waals surface area contributed by atoms with Crippen LogP contribution >= 0.6 is 11.8 Å². The molecule has 0 fully saturated rings. The van der Waals surface area contributed by atoms with Gasteiger partial charge in [0.15, 0.2) is 0 Å². The first-order valence-corrected chi connectivity index (χ1v) is 11.1. The molecule has 0 saturated carbocycles. The molecule has 1 aliphatic carbocycles. The fourth-order valence-corrected chi connectivity index (χ4v) is 4.32. The van der Waals surface area contributed by atoms with E-state index in [1.54, 1.807) is 0 Å². The van der Waals surface area contributed by atoms with Gasteiger partial charge in [-0.2, -0.15) is 0 Å². The van der Waals surface area contributed by atoms with Gasteiger partial charge in [0, 0.05) is 5.56 Å². The molecular weight excluding hydrogens is 398 g/mol. The van der Waals surface area contributed by atoms with Gasteiger partial charge in [-0.05, 0) is 68.5 Å². The van der Waals surface area contributed by atoms with Crippen LogP contribution in [0.2, 0.25) is 0 Å². The van der Waals surface area contributed by atoms with Crippen LogP contribution in [0.4, 0.5) is 0 Å². The van der Waals surface area contributed by atoms with Gasteiger partial charge >= 0.3 is 0 Å². The van der Waals surface area contributed by atoms with Crippen molar-refractivity contribution in [3.8, 4) is 17.2 Å². The molecule has 4 rings (SSSR count). The third-order valence-corrected chi connectivity index (χ3v) is 6.09. The fraction of sp³-hybridized carbons (Fsp3) is 0.348. The molecule has 2 atom stereocenters. The minimum absolute atomic E-state index is 0.0254. The Morgan fingerprint density at radius 1 is 1.23 bits per heavy atom. The van der Waals surface area contributed by atoms with E-state index in [2.05, 4.69) is 33.7 Å². The highest BCUT2D eigenvalue weighted by Crippen LogP contribution is 2.31. The lowest BCUT2D eigenvalue weighted by Gasteiger charge is -2.27. The molecule has 0 radical (unpaired) electrons. The molecule has 7 heteroatoms. The molecule has 156 valence electrons. The molecular formula is C23H25N3O3S. The highest BCUT2D eigenvalue weighted by molar-refractivity contribution is 8.00. The average Bonchev–Trinajstić information content (AvgIpc) is 3.23. The summed E-state index contributed by atoms with van der Waals surface area (Å²) in [7, 11) is 0. The van der Waals surface area contributed by atoms with E-state index in [0.29, 0.717) is 17.7 Å². The molecule has 3 aromatic rings. The van der Waals surface area contributed by atoms with E-state index in [9.17, 15) is 4.79 Å². The molecule has 0 spiro atoms. The van der Waals surface area contributed by atoms with Crippen molar-refractivity contribution in [1.82, 2.24) is 15.5 Å². The number of hydrogen-bond donors (Lipinski definition) is 1. The van der Waals surface area contributed by atoms with E-state index >= 15 is 0 Å². The Labute approximate surface area is 180 Å². The zero-order valence-electron chi connectivity index (χ0n) is 17.1. The Bertz CT molecular complexity index is 1000. The van der Waals surface area contributed by atoms with Gasteiger partial charge in [0.05, 0.1) is 17.9 Å². The summed E-state index contributed by atoms with van der Waals surface area (Å²) in [6.45, 7) is 4.42. The molecule has 1 aliphatic rings. The van der Waals surface area contributed by atoms with E-state index in [0.717, 1.165) is 30.6 Å². The number of amides is 1. The Morgan fingerprint density at radius 2 is 2.03 bits per heavy atom. The van der Waals surface area contributed by atoms with E-state index in [4.69, 9.17) is 9.15 Å². The summed E-state index contributed by atoms with van der Waals surface area (Å²) < 4.78 is 11.2. The van der Waals surface area contributed by atoms with Crippen molar-refractivity contribution in [3.05, 3.63) is 59.7 Å². The van der Waals surface area contributed by atoms with E-state index in [1.165, 1.54) is 22.9 Å². The number of fused-ring (bicyclic) bond motifs is 1. The molecule has 30 heavy (non-hydrogen) atoms. The number of thioether (sulfide) groups is 1. The van der Waals surface area contributed by atoms with Crippen LogP contribution in [0.1, 0.15) is 43.9 Å². The van der Waals surface area contributed by atoms with Crippen LogP contribution in [0.25, 0.3) is 11.5 Å². The highest BCUT2D eigenvalue weighted by Gasteiger charge is 2.25. The first-order valence-electron chi connectivity index (χ1n) is 10.3. The standard InChI is InChI=1S/C23H25N3O3S/c1-3-28-18-13-11-17(12-14-18)22-25-26-23(29-22)30-15(2)21(27)24-20-10-6-8-16-7-4-5-9-19(16)20/h4-5,7,9,11-15,20H,3,6,8,10H2,1-2H3,(H,24,27)/t15-,20+/m0/s1. The Morgan fingerprint density at radius 3 is 2.83 bits per heavy atom. The Kier molecular flexibility index (Phi) is 6.38. The number of carbonyl (C=O) groups excluding carboxylic acids is 1. The van der Waals surface area contributed by atoms with Gasteiger partial charge in [0.25, 0.3) is 5.22 Å². The molecule has 0 saturated heterocycles. The first-order chi connectivity index (χ1) is 14.6. The van der Waals surface area contributed by atoms with Crippen LogP contribution in [-0.2, 0) is 11.2 Å². The third-order valence-electron chi connectivity index (χ3n) is 5.15. The minimum Gasteiger partial charge on any atom is -0.494 e. The predicted molar refractivity (Wildman–Crippen MR) is 116 cm³/mol.